The molecule has 0 saturated carbocycles. The lowest BCUT2D eigenvalue weighted by molar-refractivity contribution is 0.237. The number of carbonyl (C=O) groups excluding carboxylic acids is 1. The average molecular weight is 344 g/mol. The fourth-order valence-electron chi connectivity index (χ4n) is 2.87. The first-order valence-corrected chi connectivity index (χ1v) is 9.38. The molecule has 3 rings (SSSR count). The van der Waals surface area contributed by atoms with Gasteiger partial charge in [0.25, 0.3) is 0 Å². The first-order valence-electron chi connectivity index (χ1n) is 8.50. The first kappa shape index (κ1) is 16.8. The molecule has 6 heteroatoms. The Hall–Kier alpha value is -2.08. The Morgan fingerprint density at radius 3 is 2.79 bits per heavy atom. The summed E-state index contributed by atoms with van der Waals surface area (Å²) in [5.74, 6) is 1.04. The fourth-order valence-corrected chi connectivity index (χ4v) is 3.60. The van der Waals surface area contributed by atoms with Crippen molar-refractivity contribution in [2.75, 3.05) is 18.0 Å². The van der Waals surface area contributed by atoms with Crippen LogP contribution in [-0.2, 0) is 6.54 Å². The second-order valence-corrected chi connectivity index (χ2v) is 7.12. The number of nitrogens with zero attached hydrogens (tertiary/aromatic N) is 2. The molecule has 2 aromatic rings. The molecule has 0 spiro atoms. The number of carbonyl (C=O) groups is 1. The van der Waals surface area contributed by atoms with Crippen molar-refractivity contribution in [3.63, 3.8) is 0 Å². The Morgan fingerprint density at radius 1 is 1.29 bits per heavy atom. The molecule has 1 fully saturated rings. The second-order valence-electron chi connectivity index (χ2n) is 6.14. The quantitative estimate of drug-likeness (QED) is 0.870. The van der Waals surface area contributed by atoms with Crippen molar-refractivity contribution in [1.29, 1.82) is 0 Å². The van der Waals surface area contributed by atoms with Crippen LogP contribution in [0, 0.1) is 0 Å². The van der Waals surface area contributed by atoms with E-state index in [1.54, 1.807) is 11.3 Å². The van der Waals surface area contributed by atoms with Crippen LogP contribution in [0.4, 0.5) is 10.6 Å². The van der Waals surface area contributed by atoms with Gasteiger partial charge in [-0.1, -0.05) is 12.1 Å². The molecule has 1 atom stereocenters. The van der Waals surface area contributed by atoms with Crippen LogP contribution in [0.2, 0.25) is 0 Å². The Kier molecular flexibility index (Phi) is 5.69. The van der Waals surface area contributed by atoms with Gasteiger partial charge in [0, 0.05) is 30.7 Å². The Labute approximate surface area is 147 Å². The lowest BCUT2D eigenvalue weighted by atomic mass is 10.1. The summed E-state index contributed by atoms with van der Waals surface area (Å²) in [5.41, 5.74) is 1.01. The van der Waals surface area contributed by atoms with Gasteiger partial charge in [-0.25, -0.2) is 9.78 Å². The summed E-state index contributed by atoms with van der Waals surface area (Å²) in [6.07, 6.45) is 5.66. The van der Waals surface area contributed by atoms with Gasteiger partial charge in [0.15, 0.2) is 0 Å². The van der Waals surface area contributed by atoms with E-state index >= 15 is 0 Å². The Balaban J connectivity index is 1.46. The lowest BCUT2D eigenvalue weighted by Crippen LogP contribution is -2.36. The van der Waals surface area contributed by atoms with Crippen molar-refractivity contribution in [1.82, 2.24) is 15.6 Å². The molecule has 0 bridgehead atoms. The Bertz CT molecular complexity index is 636. The minimum atomic E-state index is -0.156. The molecule has 1 saturated heterocycles. The summed E-state index contributed by atoms with van der Waals surface area (Å²) >= 11 is 1.65. The van der Waals surface area contributed by atoms with Gasteiger partial charge in [0.05, 0.1) is 6.04 Å². The molecule has 5 nitrogen and oxygen atoms in total. The van der Waals surface area contributed by atoms with Crippen LogP contribution in [0.15, 0.2) is 35.8 Å². The van der Waals surface area contributed by atoms with Crippen molar-refractivity contribution in [2.45, 2.75) is 38.8 Å². The highest BCUT2D eigenvalue weighted by atomic mass is 32.1. The minimum Gasteiger partial charge on any atom is -0.357 e. The molecule has 2 N–H and O–H groups in total. The van der Waals surface area contributed by atoms with E-state index in [-0.39, 0.29) is 12.1 Å². The van der Waals surface area contributed by atoms with Crippen LogP contribution in [0.3, 0.4) is 0 Å². The number of piperidine rings is 1. The predicted molar refractivity (Wildman–Crippen MR) is 98.4 cm³/mol. The standard InChI is InChI=1S/C18H24N4OS/c1-14(16-6-5-11-24-16)21-18(23)20-13-15-7-8-17(19-12-15)22-9-3-2-4-10-22/h5-8,11-12,14H,2-4,9-10,13H2,1H3,(H2,20,21,23)/t14-/m0/s1. The van der Waals surface area contributed by atoms with E-state index in [1.165, 1.54) is 19.3 Å². The van der Waals surface area contributed by atoms with E-state index in [0.29, 0.717) is 6.54 Å². The van der Waals surface area contributed by atoms with E-state index in [4.69, 9.17) is 0 Å². The second kappa shape index (κ2) is 8.15. The number of amides is 2. The summed E-state index contributed by atoms with van der Waals surface area (Å²) in [5, 5.41) is 7.85. The normalized spacial score (nSPS) is 15.8. The van der Waals surface area contributed by atoms with Gasteiger partial charge in [-0.05, 0) is 49.3 Å². The largest absolute Gasteiger partial charge is 0.357 e. The maximum atomic E-state index is 12.0. The predicted octanol–water partition coefficient (Wildman–Crippen LogP) is 3.69. The number of aromatic nitrogens is 1. The van der Waals surface area contributed by atoms with Crippen molar-refractivity contribution in [2.24, 2.45) is 0 Å². The zero-order valence-electron chi connectivity index (χ0n) is 14.0. The van der Waals surface area contributed by atoms with E-state index in [1.807, 2.05) is 36.7 Å². The molecule has 1 aliphatic rings. The maximum absolute atomic E-state index is 12.0. The number of urea groups is 1. The minimum absolute atomic E-state index is 0.0182. The third-order valence-electron chi connectivity index (χ3n) is 4.26. The van der Waals surface area contributed by atoms with Gasteiger partial charge >= 0.3 is 6.03 Å². The lowest BCUT2D eigenvalue weighted by Gasteiger charge is -2.27. The molecular formula is C18H24N4OS. The summed E-state index contributed by atoms with van der Waals surface area (Å²) < 4.78 is 0. The summed E-state index contributed by atoms with van der Waals surface area (Å²) in [7, 11) is 0. The van der Waals surface area contributed by atoms with Crippen LogP contribution >= 0.6 is 11.3 Å². The smallest absolute Gasteiger partial charge is 0.315 e. The van der Waals surface area contributed by atoms with E-state index < -0.39 is 0 Å². The average Bonchev–Trinajstić information content (AvgIpc) is 3.16. The van der Waals surface area contributed by atoms with Crippen molar-refractivity contribution in [3.8, 4) is 0 Å². The highest BCUT2D eigenvalue weighted by Gasteiger charge is 2.12. The monoisotopic (exact) mass is 344 g/mol. The van der Waals surface area contributed by atoms with Crippen molar-refractivity contribution >= 4 is 23.2 Å². The van der Waals surface area contributed by atoms with Gasteiger partial charge in [0.1, 0.15) is 5.82 Å². The highest BCUT2D eigenvalue weighted by Crippen LogP contribution is 2.18. The molecule has 2 aromatic heterocycles. The van der Waals surface area contributed by atoms with Crippen LogP contribution in [0.5, 0.6) is 0 Å². The topological polar surface area (TPSA) is 57.3 Å². The summed E-state index contributed by atoms with van der Waals surface area (Å²) in [6.45, 7) is 4.65. The molecular weight excluding hydrogens is 320 g/mol. The Morgan fingerprint density at radius 2 is 2.12 bits per heavy atom. The first-order chi connectivity index (χ1) is 11.7. The van der Waals surface area contributed by atoms with Gasteiger partial charge in [0.2, 0.25) is 0 Å². The molecule has 0 radical (unpaired) electrons. The zero-order chi connectivity index (χ0) is 16.8. The van der Waals surface area contributed by atoms with E-state index in [9.17, 15) is 4.79 Å². The third kappa shape index (κ3) is 4.47. The van der Waals surface area contributed by atoms with Crippen LogP contribution in [-0.4, -0.2) is 24.1 Å². The molecule has 0 aliphatic carbocycles. The third-order valence-corrected chi connectivity index (χ3v) is 5.31. The van der Waals surface area contributed by atoms with Crippen LogP contribution < -0.4 is 15.5 Å². The molecule has 2 amide bonds. The van der Waals surface area contributed by atoms with Gasteiger partial charge in [-0.15, -0.1) is 11.3 Å². The fraction of sp³-hybridized carbons (Fsp3) is 0.444. The molecule has 1 aliphatic heterocycles. The summed E-state index contributed by atoms with van der Waals surface area (Å²) in [4.78, 5) is 20.0. The van der Waals surface area contributed by atoms with Crippen molar-refractivity contribution < 1.29 is 4.79 Å². The molecule has 0 aromatic carbocycles. The van der Waals surface area contributed by atoms with Crippen molar-refractivity contribution in [3.05, 3.63) is 46.3 Å². The van der Waals surface area contributed by atoms with E-state index in [2.05, 4.69) is 26.6 Å². The number of hydrogen-bond acceptors (Lipinski definition) is 4. The van der Waals surface area contributed by atoms with Gasteiger partial charge < -0.3 is 15.5 Å². The molecule has 128 valence electrons. The van der Waals surface area contributed by atoms with Crippen LogP contribution in [0.25, 0.3) is 0 Å². The number of nitrogens with one attached hydrogen (secondary N) is 2. The zero-order valence-corrected chi connectivity index (χ0v) is 14.8. The van der Waals surface area contributed by atoms with E-state index in [0.717, 1.165) is 29.3 Å². The molecule has 24 heavy (non-hydrogen) atoms. The highest BCUT2D eigenvalue weighted by molar-refractivity contribution is 7.10. The van der Waals surface area contributed by atoms with Crippen LogP contribution in [0.1, 0.15) is 42.7 Å². The molecule has 0 unspecified atom stereocenters. The number of anilines is 1. The molecule has 3 heterocycles. The summed E-state index contributed by atoms with van der Waals surface area (Å²) in [6, 6.07) is 7.97. The SMILES string of the molecule is C[C@H](NC(=O)NCc1ccc(N2CCCCC2)nc1)c1cccs1. The number of pyridine rings is 1. The van der Waals surface area contributed by atoms with Gasteiger partial charge in [-0.3, -0.25) is 0 Å². The number of hydrogen-bond donors (Lipinski definition) is 2. The van der Waals surface area contributed by atoms with Gasteiger partial charge in [-0.2, -0.15) is 0 Å². The number of thiophene rings is 1. The number of rotatable bonds is 5. The maximum Gasteiger partial charge on any atom is 0.315 e.